The fraction of sp³-hybridized carbons (Fsp3) is 0.500. The summed E-state index contributed by atoms with van der Waals surface area (Å²) in [6, 6.07) is 7.39. The Kier molecular flexibility index (Phi) is 7.81. The van der Waals surface area contributed by atoms with Gasteiger partial charge in [0.2, 0.25) is 0 Å². The lowest BCUT2D eigenvalue weighted by molar-refractivity contribution is -0.131. The first-order valence-corrected chi connectivity index (χ1v) is 6.26. The van der Waals surface area contributed by atoms with Gasteiger partial charge in [-0.25, -0.2) is 0 Å². The van der Waals surface area contributed by atoms with Crippen molar-refractivity contribution >= 4 is 5.97 Å². The van der Waals surface area contributed by atoms with E-state index in [2.05, 4.69) is 0 Å². The SMILES string of the molecule is CC(=O)Oc1ccccc1CCOCCOCCO. The van der Waals surface area contributed by atoms with Crippen LogP contribution in [0.2, 0.25) is 0 Å². The lowest BCUT2D eigenvalue weighted by Gasteiger charge is -2.09. The summed E-state index contributed by atoms with van der Waals surface area (Å²) in [5.41, 5.74) is 0.939. The smallest absolute Gasteiger partial charge is 0.308 e. The highest BCUT2D eigenvalue weighted by Crippen LogP contribution is 2.18. The van der Waals surface area contributed by atoms with Gasteiger partial charge in [-0.05, 0) is 18.1 Å². The number of aliphatic hydroxyl groups is 1. The third-order valence-electron chi connectivity index (χ3n) is 2.35. The molecule has 0 aliphatic heterocycles. The third-order valence-corrected chi connectivity index (χ3v) is 2.35. The highest BCUT2D eigenvalue weighted by Gasteiger charge is 2.05. The summed E-state index contributed by atoms with van der Waals surface area (Å²) in [4.78, 5) is 11.0. The second kappa shape index (κ2) is 9.49. The zero-order valence-corrected chi connectivity index (χ0v) is 11.1. The summed E-state index contributed by atoms with van der Waals surface area (Å²) in [5.74, 6) is 0.251. The van der Waals surface area contributed by atoms with E-state index in [4.69, 9.17) is 19.3 Å². The average molecular weight is 268 g/mol. The molecule has 1 rings (SSSR count). The van der Waals surface area contributed by atoms with Crippen molar-refractivity contribution in [2.24, 2.45) is 0 Å². The molecule has 0 fully saturated rings. The molecule has 106 valence electrons. The van der Waals surface area contributed by atoms with Gasteiger partial charge in [0.15, 0.2) is 0 Å². The van der Waals surface area contributed by atoms with Crippen LogP contribution in [-0.4, -0.2) is 44.1 Å². The van der Waals surface area contributed by atoms with Crippen LogP contribution in [0.25, 0.3) is 0 Å². The molecule has 5 nitrogen and oxygen atoms in total. The Morgan fingerprint density at radius 3 is 2.47 bits per heavy atom. The second-order valence-electron chi connectivity index (χ2n) is 3.90. The quantitative estimate of drug-likeness (QED) is 0.414. The van der Waals surface area contributed by atoms with E-state index in [1.165, 1.54) is 6.92 Å². The molecule has 0 aliphatic carbocycles. The predicted octanol–water partition coefficient (Wildman–Crippen LogP) is 1.18. The lowest BCUT2D eigenvalue weighted by atomic mass is 10.1. The van der Waals surface area contributed by atoms with Crippen LogP contribution in [0.15, 0.2) is 24.3 Å². The van der Waals surface area contributed by atoms with Crippen molar-refractivity contribution < 1.29 is 24.1 Å². The normalized spacial score (nSPS) is 10.4. The highest BCUT2D eigenvalue weighted by molar-refractivity contribution is 5.69. The van der Waals surface area contributed by atoms with Crippen LogP contribution in [0.4, 0.5) is 0 Å². The van der Waals surface area contributed by atoms with E-state index in [0.29, 0.717) is 38.6 Å². The molecule has 0 aromatic heterocycles. The zero-order valence-electron chi connectivity index (χ0n) is 11.1. The molecular formula is C14H20O5. The molecule has 19 heavy (non-hydrogen) atoms. The molecule has 0 unspecified atom stereocenters. The van der Waals surface area contributed by atoms with Crippen LogP contribution in [0, 0.1) is 0 Å². The largest absolute Gasteiger partial charge is 0.426 e. The summed E-state index contributed by atoms with van der Waals surface area (Å²) in [7, 11) is 0. The van der Waals surface area contributed by atoms with Gasteiger partial charge in [-0.15, -0.1) is 0 Å². The summed E-state index contributed by atoms with van der Waals surface area (Å²) in [6.45, 7) is 3.21. The number of ether oxygens (including phenoxy) is 3. The molecule has 0 spiro atoms. The molecular weight excluding hydrogens is 248 g/mol. The summed E-state index contributed by atoms with van der Waals surface area (Å²) < 4.78 is 15.6. The lowest BCUT2D eigenvalue weighted by Crippen LogP contribution is -2.10. The summed E-state index contributed by atoms with van der Waals surface area (Å²) in [6.07, 6.45) is 0.670. The maximum absolute atomic E-state index is 11.0. The van der Waals surface area contributed by atoms with E-state index in [-0.39, 0.29) is 12.6 Å². The monoisotopic (exact) mass is 268 g/mol. The predicted molar refractivity (Wildman–Crippen MR) is 70.2 cm³/mol. The van der Waals surface area contributed by atoms with Crippen molar-refractivity contribution in [3.63, 3.8) is 0 Å². The van der Waals surface area contributed by atoms with Gasteiger partial charge >= 0.3 is 5.97 Å². The number of carbonyl (C=O) groups is 1. The number of hydrogen-bond donors (Lipinski definition) is 1. The van der Waals surface area contributed by atoms with Gasteiger partial charge in [0, 0.05) is 6.92 Å². The molecule has 0 saturated carbocycles. The Morgan fingerprint density at radius 2 is 1.79 bits per heavy atom. The maximum atomic E-state index is 11.0. The van der Waals surface area contributed by atoms with Crippen LogP contribution in [-0.2, 0) is 20.7 Å². The highest BCUT2D eigenvalue weighted by atomic mass is 16.5. The Labute approximate surface area is 113 Å². The third kappa shape index (κ3) is 6.91. The fourth-order valence-corrected chi connectivity index (χ4v) is 1.53. The Bertz CT molecular complexity index is 378. The van der Waals surface area contributed by atoms with E-state index >= 15 is 0 Å². The van der Waals surface area contributed by atoms with Gasteiger partial charge in [0.05, 0.1) is 33.0 Å². The molecule has 0 aliphatic rings. The summed E-state index contributed by atoms with van der Waals surface area (Å²) in [5, 5.41) is 8.51. The number of carbonyl (C=O) groups excluding carboxylic acids is 1. The molecule has 0 atom stereocenters. The van der Waals surface area contributed by atoms with Gasteiger partial charge in [-0.3, -0.25) is 4.79 Å². The van der Waals surface area contributed by atoms with Crippen LogP contribution in [0.1, 0.15) is 12.5 Å². The number of esters is 1. The van der Waals surface area contributed by atoms with Gasteiger partial charge in [0.1, 0.15) is 5.75 Å². The first-order chi connectivity index (χ1) is 9.24. The van der Waals surface area contributed by atoms with E-state index in [1.54, 1.807) is 6.07 Å². The topological polar surface area (TPSA) is 65.0 Å². The molecule has 1 N–H and O–H groups in total. The van der Waals surface area contributed by atoms with E-state index < -0.39 is 0 Å². The number of benzene rings is 1. The van der Waals surface area contributed by atoms with Gasteiger partial charge in [0.25, 0.3) is 0 Å². The van der Waals surface area contributed by atoms with Crippen LogP contribution in [0.5, 0.6) is 5.75 Å². The molecule has 0 amide bonds. The molecule has 0 bridgehead atoms. The Hall–Kier alpha value is -1.43. The number of hydrogen-bond acceptors (Lipinski definition) is 5. The molecule has 1 aromatic carbocycles. The molecule has 1 aromatic rings. The first-order valence-electron chi connectivity index (χ1n) is 6.26. The Balaban J connectivity index is 2.26. The number of para-hydroxylation sites is 1. The van der Waals surface area contributed by atoms with Crippen molar-refractivity contribution in [3.8, 4) is 5.75 Å². The number of rotatable bonds is 9. The van der Waals surface area contributed by atoms with Crippen LogP contribution in [0.3, 0.4) is 0 Å². The fourth-order valence-electron chi connectivity index (χ4n) is 1.53. The second-order valence-corrected chi connectivity index (χ2v) is 3.90. The molecule has 5 heteroatoms. The first kappa shape index (κ1) is 15.6. The van der Waals surface area contributed by atoms with Crippen LogP contribution < -0.4 is 4.74 Å². The van der Waals surface area contributed by atoms with Crippen molar-refractivity contribution in [1.29, 1.82) is 0 Å². The van der Waals surface area contributed by atoms with E-state index in [0.717, 1.165) is 5.56 Å². The van der Waals surface area contributed by atoms with Gasteiger partial charge < -0.3 is 19.3 Å². The minimum atomic E-state index is -0.328. The molecule has 0 radical (unpaired) electrons. The van der Waals surface area contributed by atoms with E-state index in [1.807, 2.05) is 18.2 Å². The van der Waals surface area contributed by atoms with E-state index in [9.17, 15) is 4.79 Å². The van der Waals surface area contributed by atoms with Crippen molar-refractivity contribution in [2.75, 3.05) is 33.0 Å². The van der Waals surface area contributed by atoms with Crippen molar-refractivity contribution in [1.82, 2.24) is 0 Å². The molecule has 0 heterocycles. The average Bonchev–Trinajstić information content (AvgIpc) is 2.39. The van der Waals surface area contributed by atoms with Crippen molar-refractivity contribution in [2.45, 2.75) is 13.3 Å². The zero-order chi connectivity index (χ0) is 13.9. The van der Waals surface area contributed by atoms with Gasteiger partial charge in [-0.2, -0.15) is 0 Å². The summed E-state index contributed by atoms with van der Waals surface area (Å²) >= 11 is 0. The Morgan fingerprint density at radius 1 is 1.11 bits per heavy atom. The molecule has 0 saturated heterocycles. The minimum absolute atomic E-state index is 0.0236. The van der Waals surface area contributed by atoms with Crippen molar-refractivity contribution in [3.05, 3.63) is 29.8 Å². The standard InChI is InChI=1S/C14H20O5/c1-12(16)19-14-5-3-2-4-13(14)6-8-17-10-11-18-9-7-15/h2-5,15H,6-11H2,1H3. The van der Waals surface area contributed by atoms with Crippen LogP contribution >= 0.6 is 0 Å². The minimum Gasteiger partial charge on any atom is -0.426 e. The number of aliphatic hydroxyl groups excluding tert-OH is 1. The van der Waals surface area contributed by atoms with Gasteiger partial charge in [-0.1, -0.05) is 18.2 Å². The maximum Gasteiger partial charge on any atom is 0.308 e.